The highest BCUT2D eigenvalue weighted by Gasteiger charge is 2.13. The van der Waals surface area contributed by atoms with Crippen LogP contribution in [0, 0.1) is 0 Å². The number of pyridine rings is 1. The van der Waals surface area contributed by atoms with Crippen LogP contribution in [0.4, 0.5) is 0 Å². The van der Waals surface area contributed by atoms with Gasteiger partial charge in [-0.05, 0) is 19.9 Å². The van der Waals surface area contributed by atoms with Crippen LogP contribution in [-0.4, -0.2) is 24.0 Å². The number of ketones is 1. The van der Waals surface area contributed by atoms with Gasteiger partial charge >= 0.3 is 0 Å². The SMILES string of the molecule is CCOc1cc(OCC)c2cc(C(=O)c3ccccc3)cnc2c1. The average molecular weight is 321 g/mol. The van der Waals surface area contributed by atoms with Gasteiger partial charge in [0, 0.05) is 34.8 Å². The number of nitrogens with zero attached hydrogens (tertiary/aromatic N) is 1. The van der Waals surface area contributed by atoms with Gasteiger partial charge in [-0.3, -0.25) is 9.78 Å². The molecule has 0 atom stereocenters. The predicted octanol–water partition coefficient (Wildman–Crippen LogP) is 4.26. The van der Waals surface area contributed by atoms with E-state index >= 15 is 0 Å². The number of rotatable bonds is 6. The molecule has 1 heterocycles. The Morgan fingerprint density at radius 1 is 0.958 bits per heavy atom. The van der Waals surface area contributed by atoms with Crippen molar-refractivity contribution < 1.29 is 14.3 Å². The van der Waals surface area contributed by atoms with Crippen LogP contribution < -0.4 is 9.47 Å². The summed E-state index contributed by atoms with van der Waals surface area (Å²) in [4.78, 5) is 17.1. The third kappa shape index (κ3) is 3.23. The lowest BCUT2D eigenvalue weighted by molar-refractivity contribution is 0.103. The highest BCUT2D eigenvalue weighted by Crippen LogP contribution is 2.31. The number of ether oxygens (including phenoxy) is 2. The Morgan fingerprint density at radius 3 is 2.42 bits per heavy atom. The summed E-state index contributed by atoms with van der Waals surface area (Å²) in [5, 5.41) is 0.807. The standard InChI is InChI=1S/C20H19NO3/c1-3-23-16-11-18-17(19(12-16)24-4-2)10-15(13-21-18)20(22)14-8-6-5-7-9-14/h5-13H,3-4H2,1-2H3. The lowest BCUT2D eigenvalue weighted by Crippen LogP contribution is -2.03. The zero-order valence-corrected chi connectivity index (χ0v) is 13.8. The molecule has 122 valence electrons. The van der Waals surface area contributed by atoms with Crippen molar-refractivity contribution in [3.8, 4) is 11.5 Å². The van der Waals surface area contributed by atoms with Crippen molar-refractivity contribution in [2.45, 2.75) is 13.8 Å². The number of carbonyl (C=O) groups is 1. The van der Waals surface area contributed by atoms with Crippen molar-refractivity contribution >= 4 is 16.7 Å². The van der Waals surface area contributed by atoms with Crippen molar-refractivity contribution in [1.82, 2.24) is 4.98 Å². The molecular formula is C20H19NO3. The van der Waals surface area contributed by atoms with E-state index in [9.17, 15) is 4.79 Å². The van der Waals surface area contributed by atoms with Gasteiger partial charge < -0.3 is 9.47 Å². The fourth-order valence-electron chi connectivity index (χ4n) is 2.58. The smallest absolute Gasteiger partial charge is 0.194 e. The first kappa shape index (κ1) is 16.0. The van der Waals surface area contributed by atoms with Gasteiger partial charge in [-0.25, -0.2) is 0 Å². The van der Waals surface area contributed by atoms with Crippen molar-refractivity contribution in [3.05, 3.63) is 65.9 Å². The molecule has 3 aromatic rings. The molecule has 0 bridgehead atoms. The van der Waals surface area contributed by atoms with Crippen molar-refractivity contribution in [2.75, 3.05) is 13.2 Å². The van der Waals surface area contributed by atoms with E-state index in [1.165, 1.54) is 0 Å². The fourth-order valence-corrected chi connectivity index (χ4v) is 2.58. The molecule has 0 N–H and O–H groups in total. The summed E-state index contributed by atoms with van der Waals surface area (Å²) < 4.78 is 11.3. The summed E-state index contributed by atoms with van der Waals surface area (Å²) in [6, 6.07) is 14.7. The van der Waals surface area contributed by atoms with Gasteiger partial charge in [0.1, 0.15) is 11.5 Å². The second-order valence-electron chi connectivity index (χ2n) is 5.27. The van der Waals surface area contributed by atoms with Gasteiger partial charge in [-0.2, -0.15) is 0 Å². The minimum absolute atomic E-state index is 0.0543. The zero-order chi connectivity index (χ0) is 16.9. The Bertz CT molecular complexity index is 859. The van der Waals surface area contributed by atoms with E-state index in [-0.39, 0.29) is 5.78 Å². The molecule has 0 radical (unpaired) electrons. The summed E-state index contributed by atoms with van der Waals surface area (Å²) in [7, 11) is 0. The Kier molecular flexibility index (Phi) is 4.75. The van der Waals surface area contributed by atoms with Crippen molar-refractivity contribution in [1.29, 1.82) is 0 Å². The first-order valence-corrected chi connectivity index (χ1v) is 8.02. The first-order valence-electron chi connectivity index (χ1n) is 8.02. The van der Waals surface area contributed by atoms with E-state index in [1.807, 2.05) is 50.2 Å². The van der Waals surface area contributed by atoms with Gasteiger partial charge in [0.25, 0.3) is 0 Å². The highest BCUT2D eigenvalue weighted by molar-refractivity contribution is 6.10. The van der Waals surface area contributed by atoms with Gasteiger partial charge in [-0.15, -0.1) is 0 Å². The quantitative estimate of drug-likeness (QED) is 0.636. The van der Waals surface area contributed by atoms with E-state index in [4.69, 9.17) is 9.47 Å². The van der Waals surface area contributed by atoms with Crippen LogP contribution in [0.1, 0.15) is 29.8 Å². The monoisotopic (exact) mass is 321 g/mol. The van der Waals surface area contributed by atoms with Gasteiger partial charge in [0.2, 0.25) is 0 Å². The van der Waals surface area contributed by atoms with Crippen LogP contribution in [0.15, 0.2) is 54.7 Å². The number of hydrogen-bond donors (Lipinski definition) is 0. The second kappa shape index (κ2) is 7.13. The molecule has 4 heteroatoms. The normalized spacial score (nSPS) is 10.6. The molecule has 3 rings (SSSR count). The lowest BCUT2D eigenvalue weighted by Gasteiger charge is -2.11. The molecule has 0 fully saturated rings. The summed E-state index contributed by atoms with van der Waals surface area (Å²) in [6.45, 7) is 4.95. The first-order chi connectivity index (χ1) is 11.7. The minimum Gasteiger partial charge on any atom is -0.494 e. The largest absolute Gasteiger partial charge is 0.494 e. The Hall–Kier alpha value is -2.88. The molecule has 0 saturated carbocycles. The van der Waals surface area contributed by atoms with Crippen LogP contribution in [0.3, 0.4) is 0 Å². The molecule has 0 aliphatic carbocycles. The third-order valence-corrected chi connectivity index (χ3v) is 3.65. The maximum atomic E-state index is 12.6. The third-order valence-electron chi connectivity index (χ3n) is 3.65. The van der Waals surface area contributed by atoms with Gasteiger partial charge in [-0.1, -0.05) is 30.3 Å². The Balaban J connectivity index is 2.08. The predicted molar refractivity (Wildman–Crippen MR) is 94.0 cm³/mol. The van der Waals surface area contributed by atoms with E-state index in [0.29, 0.717) is 35.8 Å². The maximum Gasteiger partial charge on any atom is 0.194 e. The molecule has 0 spiro atoms. The van der Waals surface area contributed by atoms with Crippen LogP contribution in [0.2, 0.25) is 0 Å². The van der Waals surface area contributed by atoms with E-state index < -0.39 is 0 Å². The Morgan fingerprint density at radius 2 is 1.71 bits per heavy atom. The molecular weight excluding hydrogens is 302 g/mol. The number of hydrogen-bond acceptors (Lipinski definition) is 4. The lowest BCUT2D eigenvalue weighted by atomic mass is 10.0. The molecule has 0 saturated heterocycles. The maximum absolute atomic E-state index is 12.6. The number of benzene rings is 2. The second-order valence-corrected chi connectivity index (χ2v) is 5.27. The summed E-state index contributed by atoms with van der Waals surface area (Å²) in [6.07, 6.45) is 1.60. The zero-order valence-electron chi connectivity index (χ0n) is 13.8. The van der Waals surface area contributed by atoms with Crippen molar-refractivity contribution in [3.63, 3.8) is 0 Å². The topological polar surface area (TPSA) is 48.4 Å². The average Bonchev–Trinajstić information content (AvgIpc) is 2.62. The number of carbonyl (C=O) groups excluding carboxylic acids is 1. The summed E-state index contributed by atoms with van der Waals surface area (Å²) in [5.41, 5.74) is 1.93. The molecule has 0 aliphatic heterocycles. The molecule has 0 unspecified atom stereocenters. The van der Waals surface area contributed by atoms with Crippen molar-refractivity contribution in [2.24, 2.45) is 0 Å². The molecule has 0 aliphatic rings. The van der Waals surface area contributed by atoms with E-state index in [1.54, 1.807) is 18.3 Å². The van der Waals surface area contributed by atoms with Crippen LogP contribution in [0.5, 0.6) is 11.5 Å². The molecule has 4 nitrogen and oxygen atoms in total. The van der Waals surface area contributed by atoms with Gasteiger partial charge in [0.15, 0.2) is 5.78 Å². The minimum atomic E-state index is -0.0543. The summed E-state index contributed by atoms with van der Waals surface area (Å²) in [5.74, 6) is 1.33. The number of aromatic nitrogens is 1. The van der Waals surface area contributed by atoms with Crippen LogP contribution in [-0.2, 0) is 0 Å². The molecule has 2 aromatic carbocycles. The van der Waals surface area contributed by atoms with E-state index in [2.05, 4.69) is 4.98 Å². The fraction of sp³-hybridized carbons (Fsp3) is 0.200. The highest BCUT2D eigenvalue weighted by atomic mass is 16.5. The Labute approximate surface area is 141 Å². The molecule has 0 amide bonds. The van der Waals surface area contributed by atoms with E-state index in [0.717, 1.165) is 10.9 Å². The summed E-state index contributed by atoms with van der Waals surface area (Å²) >= 11 is 0. The number of fused-ring (bicyclic) bond motifs is 1. The van der Waals surface area contributed by atoms with Crippen LogP contribution in [0.25, 0.3) is 10.9 Å². The van der Waals surface area contributed by atoms with Crippen LogP contribution >= 0.6 is 0 Å². The molecule has 24 heavy (non-hydrogen) atoms. The molecule has 1 aromatic heterocycles. The van der Waals surface area contributed by atoms with Gasteiger partial charge in [0.05, 0.1) is 18.7 Å².